The van der Waals surface area contributed by atoms with Crippen LogP contribution < -0.4 is 5.73 Å². The highest BCUT2D eigenvalue weighted by Crippen LogP contribution is 2.14. The van der Waals surface area contributed by atoms with Crippen molar-refractivity contribution in [3.63, 3.8) is 0 Å². The number of ketones is 1. The molecule has 0 bridgehead atoms. The minimum atomic E-state index is -0.132. The highest BCUT2D eigenvalue weighted by Gasteiger charge is 2.13. The van der Waals surface area contributed by atoms with Gasteiger partial charge in [-0.2, -0.15) is 4.37 Å². The molecular weight excluding hydrogens is 210 g/mol. The smallest absolute Gasteiger partial charge is 0.222 e. The first-order chi connectivity index (χ1) is 7.16. The molecule has 76 valence electrons. The molecule has 2 aromatic heterocycles. The number of pyridine rings is 1. The van der Waals surface area contributed by atoms with Gasteiger partial charge in [0.2, 0.25) is 5.78 Å². The van der Waals surface area contributed by atoms with Crippen LogP contribution in [0.3, 0.4) is 0 Å². The summed E-state index contributed by atoms with van der Waals surface area (Å²) >= 11 is 1.18. The predicted molar refractivity (Wildman–Crippen MR) is 58.9 cm³/mol. The molecule has 0 aliphatic carbocycles. The van der Waals surface area contributed by atoms with Crippen LogP contribution in [0.4, 0.5) is 5.82 Å². The highest BCUT2D eigenvalue weighted by atomic mass is 32.1. The van der Waals surface area contributed by atoms with Crippen molar-refractivity contribution in [2.45, 2.75) is 6.92 Å². The largest absolute Gasteiger partial charge is 0.384 e. The molecule has 2 rings (SSSR count). The number of anilines is 1. The number of carbonyl (C=O) groups is 1. The number of hydrogen-bond donors (Lipinski definition) is 1. The van der Waals surface area contributed by atoms with E-state index in [1.807, 2.05) is 6.92 Å². The molecule has 15 heavy (non-hydrogen) atoms. The molecule has 0 aromatic carbocycles. The van der Waals surface area contributed by atoms with Gasteiger partial charge in [-0.1, -0.05) is 6.07 Å². The minimum Gasteiger partial charge on any atom is -0.384 e. The minimum absolute atomic E-state index is 0.132. The Bertz CT molecular complexity index is 507. The SMILES string of the molecule is Cc1cc(C(=O)c2cccc(N)n2)sn1. The quantitative estimate of drug-likeness (QED) is 0.780. The van der Waals surface area contributed by atoms with Crippen molar-refractivity contribution in [2.75, 3.05) is 5.73 Å². The predicted octanol–water partition coefficient (Wildman–Crippen LogP) is 1.66. The van der Waals surface area contributed by atoms with E-state index in [2.05, 4.69) is 9.36 Å². The fraction of sp³-hybridized carbons (Fsp3) is 0.100. The van der Waals surface area contributed by atoms with Gasteiger partial charge in [0, 0.05) is 0 Å². The summed E-state index contributed by atoms with van der Waals surface area (Å²) in [5.74, 6) is 0.218. The Morgan fingerprint density at radius 2 is 2.27 bits per heavy atom. The number of aromatic nitrogens is 2. The van der Waals surface area contributed by atoms with E-state index in [0.29, 0.717) is 16.4 Å². The Morgan fingerprint density at radius 1 is 1.47 bits per heavy atom. The maximum absolute atomic E-state index is 11.9. The van der Waals surface area contributed by atoms with Crippen molar-refractivity contribution in [3.05, 3.63) is 40.5 Å². The number of hydrogen-bond acceptors (Lipinski definition) is 5. The van der Waals surface area contributed by atoms with Crippen LogP contribution in [0.25, 0.3) is 0 Å². The molecule has 2 N–H and O–H groups in total. The first kappa shape index (κ1) is 9.79. The third-order valence-electron chi connectivity index (χ3n) is 1.86. The van der Waals surface area contributed by atoms with Gasteiger partial charge in [0.15, 0.2) is 0 Å². The first-order valence-electron chi connectivity index (χ1n) is 4.37. The van der Waals surface area contributed by atoms with Crippen molar-refractivity contribution >= 4 is 23.1 Å². The normalized spacial score (nSPS) is 10.2. The van der Waals surface area contributed by atoms with E-state index in [0.717, 1.165) is 5.69 Å². The van der Waals surface area contributed by atoms with E-state index in [9.17, 15) is 4.79 Å². The molecule has 4 nitrogen and oxygen atoms in total. The molecule has 0 aliphatic rings. The summed E-state index contributed by atoms with van der Waals surface area (Å²) in [4.78, 5) is 16.4. The van der Waals surface area contributed by atoms with E-state index < -0.39 is 0 Å². The van der Waals surface area contributed by atoms with Crippen molar-refractivity contribution in [2.24, 2.45) is 0 Å². The molecule has 0 aliphatic heterocycles. The standard InChI is InChI=1S/C10H9N3OS/c1-6-5-8(15-13-6)10(14)7-3-2-4-9(11)12-7/h2-5H,1H3,(H2,11,12). The lowest BCUT2D eigenvalue weighted by Gasteiger charge is -1.97. The molecule has 0 fully saturated rings. The van der Waals surface area contributed by atoms with E-state index in [4.69, 9.17) is 5.73 Å². The van der Waals surface area contributed by atoms with Crippen LogP contribution in [0.2, 0.25) is 0 Å². The maximum atomic E-state index is 11.9. The first-order valence-corrected chi connectivity index (χ1v) is 5.15. The summed E-state index contributed by atoms with van der Waals surface area (Å²) in [7, 11) is 0. The third-order valence-corrected chi connectivity index (χ3v) is 2.73. The lowest BCUT2D eigenvalue weighted by Crippen LogP contribution is -2.03. The summed E-state index contributed by atoms with van der Waals surface area (Å²) in [5.41, 5.74) is 6.70. The number of rotatable bonds is 2. The summed E-state index contributed by atoms with van der Waals surface area (Å²) in [6.45, 7) is 1.85. The Balaban J connectivity index is 2.36. The monoisotopic (exact) mass is 219 g/mol. The summed E-state index contributed by atoms with van der Waals surface area (Å²) < 4.78 is 4.05. The molecule has 0 amide bonds. The van der Waals surface area contributed by atoms with Crippen molar-refractivity contribution in [1.82, 2.24) is 9.36 Å². The molecule has 2 heterocycles. The van der Waals surface area contributed by atoms with Crippen LogP contribution in [0.5, 0.6) is 0 Å². The second-order valence-electron chi connectivity index (χ2n) is 3.11. The molecule has 0 unspecified atom stereocenters. The van der Waals surface area contributed by atoms with Gasteiger partial charge in [0.25, 0.3) is 0 Å². The molecular formula is C10H9N3OS. The number of carbonyl (C=O) groups excluding carboxylic acids is 1. The Kier molecular flexibility index (Phi) is 2.47. The molecule has 5 heteroatoms. The Hall–Kier alpha value is -1.75. The zero-order valence-electron chi connectivity index (χ0n) is 8.10. The molecule has 0 saturated carbocycles. The number of nitrogens with zero attached hydrogens (tertiary/aromatic N) is 2. The molecule has 0 saturated heterocycles. The second-order valence-corrected chi connectivity index (χ2v) is 3.91. The lowest BCUT2D eigenvalue weighted by molar-refractivity contribution is 0.103. The van der Waals surface area contributed by atoms with E-state index in [1.165, 1.54) is 11.5 Å². The van der Waals surface area contributed by atoms with Gasteiger partial charge in [-0.15, -0.1) is 0 Å². The van der Waals surface area contributed by atoms with Gasteiger partial charge in [0.05, 0.1) is 10.6 Å². The third kappa shape index (κ3) is 2.02. The van der Waals surface area contributed by atoms with Gasteiger partial charge in [-0.3, -0.25) is 4.79 Å². The fourth-order valence-corrected chi connectivity index (χ4v) is 1.88. The maximum Gasteiger partial charge on any atom is 0.222 e. The van der Waals surface area contributed by atoms with Crippen LogP contribution in [0.1, 0.15) is 21.1 Å². The Morgan fingerprint density at radius 3 is 2.87 bits per heavy atom. The molecule has 0 spiro atoms. The number of nitrogens with two attached hydrogens (primary N) is 1. The van der Waals surface area contributed by atoms with Crippen molar-refractivity contribution < 1.29 is 4.79 Å². The van der Waals surface area contributed by atoms with E-state index in [-0.39, 0.29) is 5.78 Å². The topological polar surface area (TPSA) is 68.9 Å². The molecule has 0 radical (unpaired) electrons. The molecule has 0 atom stereocenters. The lowest BCUT2D eigenvalue weighted by atomic mass is 10.2. The van der Waals surface area contributed by atoms with Gasteiger partial charge >= 0.3 is 0 Å². The van der Waals surface area contributed by atoms with E-state index >= 15 is 0 Å². The van der Waals surface area contributed by atoms with Gasteiger partial charge in [-0.25, -0.2) is 4.98 Å². The average Bonchev–Trinajstić information content (AvgIpc) is 2.64. The van der Waals surface area contributed by atoms with Crippen LogP contribution >= 0.6 is 11.5 Å². The average molecular weight is 219 g/mol. The van der Waals surface area contributed by atoms with Gasteiger partial charge in [0.1, 0.15) is 11.5 Å². The van der Waals surface area contributed by atoms with Crippen LogP contribution in [-0.2, 0) is 0 Å². The summed E-state index contributed by atoms with van der Waals surface area (Å²) in [6.07, 6.45) is 0. The zero-order chi connectivity index (χ0) is 10.8. The summed E-state index contributed by atoms with van der Waals surface area (Å²) in [5, 5.41) is 0. The van der Waals surface area contributed by atoms with Crippen molar-refractivity contribution in [1.29, 1.82) is 0 Å². The van der Waals surface area contributed by atoms with Crippen LogP contribution in [0, 0.1) is 6.92 Å². The fourth-order valence-electron chi connectivity index (χ4n) is 1.17. The molecule has 2 aromatic rings. The number of nitrogen functional groups attached to an aromatic ring is 1. The zero-order valence-corrected chi connectivity index (χ0v) is 8.91. The highest BCUT2D eigenvalue weighted by molar-refractivity contribution is 7.08. The van der Waals surface area contributed by atoms with Crippen LogP contribution in [-0.4, -0.2) is 15.1 Å². The van der Waals surface area contributed by atoms with Gasteiger partial charge < -0.3 is 5.73 Å². The summed E-state index contributed by atoms with van der Waals surface area (Å²) in [6, 6.07) is 6.75. The Labute approximate surface area is 90.9 Å². The van der Waals surface area contributed by atoms with Crippen LogP contribution in [0.15, 0.2) is 24.3 Å². The second kappa shape index (κ2) is 3.78. The van der Waals surface area contributed by atoms with Crippen molar-refractivity contribution in [3.8, 4) is 0 Å². The number of aryl methyl sites for hydroxylation is 1. The van der Waals surface area contributed by atoms with Gasteiger partial charge in [-0.05, 0) is 36.7 Å². The van der Waals surface area contributed by atoms with E-state index in [1.54, 1.807) is 24.3 Å².